The molecule has 0 aliphatic carbocycles. The second-order valence-electron chi connectivity index (χ2n) is 5.90. The highest BCUT2D eigenvalue weighted by molar-refractivity contribution is 5.85. The molecule has 2 unspecified atom stereocenters. The van der Waals surface area contributed by atoms with Gasteiger partial charge in [0.2, 0.25) is 11.8 Å². The van der Waals surface area contributed by atoms with Crippen molar-refractivity contribution in [3.8, 4) is 0 Å². The lowest BCUT2D eigenvalue weighted by Gasteiger charge is -2.34. The number of rotatable bonds is 2. The van der Waals surface area contributed by atoms with E-state index in [1.165, 1.54) is 0 Å². The van der Waals surface area contributed by atoms with Crippen LogP contribution in [0.2, 0.25) is 0 Å². The molecule has 2 amide bonds. The molecule has 2 saturated heterocycles. The maximum Gasteiger partial charge on any atom is 0.326 e. The SMILES string of the molecule is CC(C)C(=O)N1CCC(=O)N2C(CCC2C(=O)O)CC1. The van der Waals surface area contributed by atoms with E-state index in [0.717, 1.165) is 0 Å². The van der Waals surface area contributed by atoms with Crippen molar-refractivity contribution in [2.75, 3.05) is 13.1 Å². The maximum atomic E-state index is 12.2. The highest BCUT2D eigenvalue weighted by atomic mass is 16.4. The monoisotopic (exact) mass is 282 g/mol. The van der Waals surface area contributed by atoms with Gasteiger partial charge in [0, 0.05) is 31.5 Å². The van der Waals surface area contributed by atoms with Gasteiger partial charge in [-0.1, -0.05) is 13.8 Å². The average Bonchev–Trinajstić information content (AvgIpc) is 2.79. The molecule has 0 aromatic rings. The zero-order chi connectivity index (χ0) is 14.9. The molecule has 0 aromatic carbocycles. The summed E-state index contributed by atoms with van der Waals surface area (Å²) in [5, 5.41) is 9.19. The zero-order valence-electron chi connectivity index (χ0n) is 12.0. The van der Waals surface area contributed by atoms with E-state index >= 15 is 0 Å². The summed E-state index contributed by atoms with van der Waals surface area (Å²) in [4.78, 5) is 38.8. The van der Waals surface area contributed by atoms with Gasteiger partial charge in [-0.25, -0.2) is 4.79 Å². The predicted molar refractivity (Wildman–Crippen MR) is 71.9 cm³/mol. The molecule has 2 aliphatic heterocycles. The van der Waals surface area contributed by atoms with E-state index in [1.807, 2.05) is 13.8 Å². The molecule has 112 valence electrons. The number of carbonyl (C=O) groups excluding carboxylic acids is 2. The summed E-state index contributed by atoms with van der Waals surface area (Å²) in [6.45, 7) is 4.71. The number of aliphatic carboxylic acids is 1. The standard InChI is InChI=1S/C14H22N2O4/c1-9(2)13(18)15-7-5-10-3-4-11(14(19)20)16(10)12(17)6-8-15/h9-11H,3-8H2,1-2H3,(H,19,20). The predicted octanol–water partition coefficient (Wildman–Crippen LogP) is 0.709. The van der Waals surface area contributed by atoms with E-state index in [9.17, 15) is 19.5 Å². The fourth-order valence-corrected chi connectivity index (χ4v) is 3.15. The zero-order valence-corrected chi connectivity index (χ0v) is 12.0. The maximum absolute atomic E-state index is 12.2. The smallest absolute Gasteiger partial charge is 0.326 e. The van der Waals surface area contributed by atoms with Crippen LogP contribution in [0.1, 0.15) is 39.5 Å². The van der Waals surface area contributed by atoms with Gasteiger partial charge >= 0.3 is 5.97 Å². The summed E-state index contributed by atoms with van der Waals surface area (Å²) in [6, 6.07) is -0.716. The molecule has 1 N–H and O–H groups in total. The molecule has 2 rings (SSSR count). The number of carbonyl (C=O) groups is 3. The van der Waals surface area contributed by atoms with Gasteiger partial charge in [0.05, 0.1) is 0 Å². The minimum Gasteiger partial charge on any atom is -0.480 e. The number of hydrogen-bond acceptors (Lipinski definition) is 3. The molecule has 0 bridgehead atoms. The summed E-state index contributed by atoms with van der Waals surface area (Å²) in [5.41, 5.74) is 0. The van der Waals surface area contributed by atoms with E-state index in [-0.39, 0.29) is 30.2 Å². The highest BCUT2D eigenvalue weighted by Crippen LogP contribution is 2.29. The van der Waals surface area contributed by atoms with Crippen LogP contribution in [0.25, 0.3) is 0 Å². The van der Waals surface area contributed by atoms with E-state index < -0.39 is 12.0 Å². The van der Waals surface area contributed by atoms with Crippen LogP contribution in [0.15, 0.2) is 0 Å². The summed E-state index contributed by atoms with van der Waals surface area (Å²) < 4.78 is 0. The summed E-state index contributed by atoms with van der Waals surface area (Å²) in [5.74, 6) is -1.06. The number of nitrogens with zero attached hydrogens (tertiary/aromatic N) is 2. The number of hydrogen-bond donors (Lipinski definition) is 1. The van der Waals surface area contributed by atoms with E-state index in [2.05, 4.69) is 0 Å². The van der Waals surface area contributed by atoms with Crippen LogP contribution < -0.4 is 0 Å². The van der Waals surface area contributed by atoms with Crippen molar-refractivity contribution in [2.45, 2.75) is 51.6 Å². The summed E-state index contributed by atoms with van der Waals surface area (Å²) in [6.07, 6.45) is 2.13. The molecule has 0 saturated carbocycles. The Labute approximate surface area is 118 Å². The molecule has 20 heavy (non-hydrogen) atoms. The van der Waals surface area contributed by atoms with Gasteiger partial charge in [-0.15, -0.1) is 0 Å². The van der Waals surface area contributed by atoms with Crippen LogP contribution >= 0.6 is 0 Å². The molecule has 0 spiro atoms. The lowest BCUT2D eigenvalue weighted by Crippen LogP contribution is -2.50. The fraction of sp³-hybridized carbons (Fsp3) is 0.786. The minimum atomic E-state index is -0.920. The first-order chi connectivity index (χ1) is 9.41. The molecule has 6 heteroatoms. The van der Waals surface area contributed by atoms with Crippen LogP contribution in [-0.4, -0.2) is 57.9 Å². The van der Waals surface area contributed by atoms with Gasteiger partial charge in [0.25, 0.3) is 0 Å². The third-order valence-electron chi connectivity index (χ3n) is 4.21. The lowest BCUT2D eigenvalue weighted by molar-refractivity contribution is -0.151. The normalized spacial score (nSPS) is 27.2. The first kappa shape index (κ1) is 14.8. The Balaban J connectivity index is 2.09. The Kier molecular flexibility index (Phi) is 4.30. The number of carboxylic acid groups (broad SMARTS) is 1. The molecule has 6 nitrogen and oxygen atoms in total. The van der Waals surface area contributed by atoms with Crippen molar-refractivity contribution in [3.05, 3.63) is 0 Å². The Morgan fingerprint density at radius 2 is 1.90 bits per heavy atom. The van der Waals surface area contributed by atoms with Gasteiger partial charge in [-0.2, -0.15) is 0 Å². The Morgan fingerprint density at radius 1 is 1.20 bits per heavy atom. The van der Waals surface area contributed by atoms with Crippen molar-refractivity contribution < 1.29 is 19.5 Å². The Morgan fingerprint density at radius 3 is 2.50 bits per heavy atom. The quantitative estimate of drug-likeness (QED) is 0.809. The van der Waals surface area contributed by atoms with Crippen molar-refractivity contribution in [2.24, 2.45) is 5.92 Å². The van der Waals surface area contributed by atoms with Gasteiger partial charge in [0.1, 0.15) is 6.04 Å². The Hall–Kier alpha value is -1.59. The molecule has 2 aliphatic rings. The van der Waals surface area contributed by atoms with Gasteiger partial charge in [0.15, 0.2) is 0 Å². The van der Waals surface area contributed by atoms with Crippen LogP contribution in [0.4, 0.5) is 0 Å². The number of amides is 2. The first-order valence-corrected chi connectivity index (χ1v) is 7.24. The Bertz CT molecular complexity index is 421. The van der Waals surface area contributed by atoms with Crippen molar-refractivity contribution in [1.82, 2.24) is 9.80 Å². The van der Waals surface area contributed by atoms with Crippen molar-refractivity contribution in [3.63, 3.8) is 0 Å². The lowest BCUT2D eigenvalue weighted by atomic mass is 10.1. The van der Waals surface area contributed by atoms with Gasteiger partial charge in [-0.3, -0.25) is 9.59 Å². The summed E-state index contributed by atoms with van der Waals surface area (Å²) in [7, 11) is 0. The van der Waals surface area contributed by atoms with Crippen LogP contribution in [-0.2, 0) is 14.4 Å². The molecule has 2 heterocycles. The molecular formula is C14H22N2O4. The third kappa shape index (κ3) is 2.78. The minimum absolute atomic E-state index is 0.0358. The van der Waals surface area contributed by atoms with E-state index in [1.54, 1.807) is 9.80 Å². The number of carboxylic acids is 1. The largest absolute Gasteiger partial charge is 0.480 e. The molecular weight excluding hydrogens is 260 g/mol. The van der Waals surface area contributed by atoms with Crippen LogP contribution in [0.3, 0.4) is 0 Å². The van der Waals surface area contributed by atoms with Crippen LogP contribution in [0.5, 0.6) is 0 Å². The van der Waals surface area contributed by atoms with E-state index in [0.29, 0.717) is 32.4 Å². The first-order valence-electron chi connectivity index (χ1n) is 7.24. The molecule has 2 atom stereocenters. The van der Waals surface area contributed by atoms with E-state index in [4.69, 9.17) is 0 Å². The fourth-order valence-electron chi connectivity index (χ4n) is 3.15. The second kappa shape index (κ2) is 5.81. The number of fused-ring (bicyclic) bond motifs is 1. The summed E-state index contributed by atoms with van der Waals surface area (Å²) >= 11 is 0. The molecule has 2 fully saturated rings. The van der Waals surface area contributed by atoms with Crippen LogP contribution in [0, 0.1) is 5.92 Å². The highest BCUT2D eigenvalue weighted by Gasteiger charge is 2.41. The topological polar surface area (TPSA) is 77.9 Å². The average molecular weight is 282 g/mol. The van der Waals surface area contributed by atoms with Crippen molar-refractivity contribution in [1.29, 1.82) is 0 Å². The second-order valence-corrected chi connectivity index (χ2v) is 5.90. The third-order valence-corrected chi connectivity index (χ3v) is 4.21. The molecule has 0 aromatic heterocycles. The van der Waals surface area contributed by atoms with Gasteiger partial charge in [-0.05, 0) is 19.3 Å². The molecule has 0 radical (unpaired) electrons. The van der Waals surface area contributed by atoms with Crippen molar-refractivity contribution >= 4 is 17.8 Å². The van der Waals surface area contributed by atoms with Gasteiger partial charge < -0.3 is 14.9 Å².